The summed E-state index contributed by atoms with van der Waals surface area (Å²) in [5.74, 6) is -0.606. The second-order valence-corrected chi connectivity index (χ2v) is 10.9. The fourth-order valence-electron chi connectivity index (χ4n) is 5.59. The van der Waals surface area contributed by atoms with E-state index in [9.17, 15) is 25.4 Å². The van der Waals surface area contributed by atoms with Crippen molar-refractivity contribution in [1.29, 1.82) is 5.26 Å². The summed E-state index contributed by atoms with van der Waals surface area (Å²) in [6.45, 7) is 5.61. The van der Waals surface area contributed by atoms with Crippen LogP contribution < -0.4 is 10.2 Å². The van der Waals surface area contributed by atoms with Crippen LogP contribution in [-0.2, 0) is 16.6 Å². The molecule has 2 aromatic carbocycles. The number of aromatic nitrogens is 1. The number of fused-ring (bicyclic) bond motifs is 1. The summed E-state index contributed by atoms with van der Waals surface area (Å²) in [7, 11) is 4.06. The highest BCUT2D eigenvalue weighted by Gasteiger charge is 2.37. The molecule has 5 rings (SSSR count). The summed E-state index contributed by atoms with van der Waals surface area (Å²) in [5.41, 5.74) is 4.40. The first-order valence-corrected chi connectivity index (χ1v) is 13.9. The van der Waals surface area contributed by atoms with Crippen LogP contribution in [-0.4, -0.2) is 101 Å². The quantitative estimate of drug-likeness (QED) is 0.264. The number of ether oxygens (including phenoxy) is 1. The zero-order valence-electron chi connectivity index (χ0n) is 23.6. The normalized spacial score (nSPS) is 24.2. The number of hydrogen-bond acceptors (Lipinski definition) is 8. The fourth-order valence-corrected chi connectivity index (χ4v) is 5.59. The van der Waals surface area contributed by atoms with Gasteiger partial charge in [-0.15, -0.1) is 0 Å². The number of amides is 1. The number of hydrogen-bond donors (Lipinski definition) is 4. The van der Waals surface area contributed by atoms with Crippen LogP contribution in [0.1, 0.15) is 12.6 Å². The van der Waals surface area contributed by atoms with Gasteiger partial charge in [-0.1, -0.05) is 18.2 Å². The van der Waals surface area contributed by atoms with Gasteiger partial charge in [-0.05, 0) is 66.2 Å². The van der Waals surface area contributed by atoms with Gasteiger partial charge in [0.2, 0.25) is 0 Å². The standard InChI is InChI=1S/C31H37N5O5/c1-19(24(16-32)31(40)33-17-28-30(39)29(38)27(37)18-41-28)25-8-9-26(35(25)3)22-5-4-21-15-23(7-6-20(21)14-22)36-12-10-34(2)11-13-36/h4-9,14-15,27-30,37-39H,10-13,17-18H2,1-3H3,(H,33,40). The lowest BCUT2D eigenvalue weighted by Crippen LogP contribution is -2.56. The van der Waals surface area contributed by atoms with Gasteiger partial charge < -0.3 is 39.7 Å². The first-order chi connectivity index (χ1) is 19.7. The van der Waals surface area contributed by atoms with E-state index >= 15 is 0 Å². The Balaban J connectivity index is 1.33. The van der Waals surface area contributed by atoms with Crippen LogP contribution in [0.4, 0.5) is 5.69 Å². The number of allylic oxidation sites excluding steroid dienone is 1. The van der Waals surface area contributed by atoms with Crippen LogP contribution in [0.15, 0.2) is 54.1 Å². The van der Waals surface area contributed by atoms with Gasteiger partial charge in [0.25, 0.3) is 5.91 Å². The Hall–Kier alpha value is -3.72. The van der Waals surface area contributed by atoms with E-state index in [0.717, 1.165) is 48.5 Å². The number of rotatable bonds is 6. The average Bonchev–Trinajstić information content (AvgIpc) is 3.36. The van der Waals surface area contributed by atoms with Crippen molar-refractivity contribution >= 4 is 27.9 Å². The van der Waals surface area contributed by atoms with Crippen LogP contribution in [0.25, 0.3) is 27.6 Å². The molecule has 10 nitrogen and oxygen atoms in total. The van der Waals surface area contributed by atoms with Gasteiger partial charge in [0.15, 0.2) is 0 Å². The maximum atomic E-state index is 12.9. The van der Waals surface area contributed by atoms with Crippen molar-refractivity contribution < 1.29 is 24.9 Å². The fraction of sp³-hybridized carbons (Fsp3) is 0.419. The van der Waals surface area contributed by atoms with E-state index in [0.29, 0.717) is 5.57 Å². The summed E-state index contributed by atoms with van der Waals surface area (Å²) in [4.78, 5) is 17.7. The van der Waals surface area contributed by atoms with Crippen LogP contribution >= 0.6 is 0 Å². The molecule has 0 saturated carbocycles. The Morgan fingerprint density at radius 3 is 2.44 bits per heavy atom. The minimum absolute atomic E-state index is 0.0569. The van der Waals surface area contributed by atoms with Gasteiger partial charge in [-0.3, -0.25) is 4.79 Å². The average molecular weight is 560 g/mol. The van der Waals surface area contributed by atoms with E-state index < -0.39 is 30.3 Å². The maximum Gasteiger partial charge on any atom is 0.262 e. The predicted molar refractivity (Wildman–Crippen MR) is 157 cm³/mol. The van der Waals surface area contributed by atoms with Gasteiger partial charge in [0, 0.05) is 56.8 Å². The highest BCUT2D eigenvalue weighted by Crippen LogP contribution is 2.31. The third-order valence-electron chi connectivity index (χ3n) is 8.28. The largest absolute Gasteiger partial charge is 0.388 e. The molecule has 0 spiro atoms. The van der Waals surface area contributed by atoms with Crippen molar-refractivity contribution in [1.82, 2.24) is 14.8 Å². The topological polar surface area (TPSA) is 134 Å². The van der Waals surface area contributed by atoms with E-state index in [1.165, 1.54) is 11.1 Å². The first kappa shape index (κ1) is 28.8. The molecule has 41 heavy (non-hydrogen) atoms. The minimum Gasteiger partial charge on any atom is -0.388 e. The van der Waals surface area contributed by atoms with Crippen molar-refractivity contribution in [3.63, 3.8) is 0 Å². The lowest BCUT2D eigenvalue weighted by atomic mass is 10.00. The number of carbonyl (C=O) groups is 1. The number of nitriles is 1. The number of nitrogens with zero attached hydrogens (tertiary/aromatic N) is 4. The van der Waals surface area contributed by atoms with E-state index in [1.54, 1.807) is 6.92 Å². The monoisotopic (exact) mass is 559 g/mol. The minimum atomic E-state index is -1.37. The highest BCUT2D eigenvalue weighted by molar-refractivity contribution is 6.04. The Morgan fingerprint density at radius 2 is 1.71 bits per heavy atom. The van der Waals surface area contributed by atoms with Crippen molar-refractivity contribution in [3.8, 4) is 17.3 Å². The Morgan fingerprint density at radius 1 is 1.00 bits per heavy atom. The molecular formula is C31H37N5O5. The molecule has 0 bridgehead atoms. The molecule has 0 radical (unpaired) electrons. The smallest absolute Gasteiger partial charge is 0.262 e. The number of aliphatic hydroxyl groups excluding tert-OH is 3. The van der Waals surface area contributed by atoms with Crippen molar-refractivity contribution in [2.24, 2.45) is 7.05 Å². The third kappa shape index (κ3) is 5.86. The summed E-state index contributed by atoms with van der Waals surface area (Å²) >= 11 is 0. The SMILES string of the molecule is CC(=C(C#N)C(=O)NCC1OCC(O)C(O)C1O)c1ccc(-c2ccc3cc(N4CCN(C)CC4)ccc3c2)n1C. The van der Waals surface area contributed by atoms with Gasteiger partial charge in [-0.2, -0.15) is 5.26 Å². The second kappa shape index (κ2) is 12.0. The Labute approximate surface area is 239 Å². The lowest BCUT2D eigenvalue weighted by molar-refractivity contribution is -0.185. The van der Waals surface area contributed by atoms with Crippen molar-refractivity contribution in [2.75, 3.05) is 51.3 Å². The van der Waals surface area contributed by atoms with Crippen LogP contribution in [0.5, 0.6) is 0 Å². The molecule has 2 aliphatic rings. The molecule has 1 amide bonds. The highest BCUT2D eigenvalue weighted by atomic mass is 16.5. The molecule has 4 N–H and O–H groups in total. The molecule has 10 heteroatoms. The van der Waals surface area contributed by atoms with E-state index in [-0.39, 0.29) is 18.7 Å². The number of aliphatic hydroxyl groups is 3. The third-order valence-corrected chi connectivity index (χ3v) is 8.28. The number of carbonyl (C=O) groups excluding carboxylic acids is 1. The summed E-state index contributed by atoms with van der Waals surface area (Å²) in [5, 5.41) is 44.4. The molecule has 3 aromatic rings. The van der Waals surface area contributed by atoms with Crippen LogP contribution in [0.3, 0.4) is 0 Å². The molecule has 4 atom stereocenters. The van der Waals surface area contributed by atoms with E-state index in [2.05, 4.69) is 58.6 Å². The number of piperazine rings is 1. The zero-order valence-corrected chi connectivity index (χ0v) is 23.6. The number of likely N-dealkylation sites (N-methyl/N-ethyl adjacent to an activating group) is 1. The molecule has 2 fully saturated rings. The van der Waals surface area contributed by atoms with Gasteiger partial charge >= 0.3 is 0 Å². The molecular weight excluding hydrogens is 522 g/mol. The van der Waals surface area contributed by atoms with Crippen molar-refractivity contribution in [2.45, 2.75) is 31.3 Å². The molecule has 216 valence electrons. The number of anilines is 1. The van der Waals surface area contributed by atoms with Crippen molar-refractivity contribution in [3.05, 3.63) is 59.8 Å². The van der Waals surface area contributed by atoms with Gasteiger partial charge in [-0.25, -0.2) is 0 Å². The summed E-state index contributed by atoms with van der Waals surface area (Å²) in [6.07, 6.45) is -4.81. The van der Waals surface area contributed by atoms with E-state index in [4.69, 9.17) is 4.74 Å². The zero-order chi connectivity index (χ0) is 29.3. The molecule has 0 aliphatic carbocycles. The Kier molecular flexibility index (Phi) is 8.45. The molecule has 4 unspecified atom stereocenters. The molecule has 1 aromatic heterocycles. The number of nitrogens with one attached hydrogen (secondary N) is 1. The second-order valence-electron chi connectivity index (χ2n) is 10.9. The Bertz CT molecular complexity index is 1500. The predicted octanol–water partition coefficient (Wildman–Crippen LogP) is 1.49. The van der Waals surface area contributed by atoms with Crippen LogP contribution in [0.2, 0.25) is 0 Å². The summed E-state index contributed by atoms with van der Waals surface area (Å²) in [6, 6.07) is 18.8. The van der Waals surface area contributed by atoms with Gasteiger partial charge in [0.05, 0.1) is 6.61 Å². The summed E-state index contributed by atoms with van der Waals surface area (Å²) < 4.78 is 7.31. The molecule has 3 heterocycles. The van der Waals surface area contributed by atoms with Crippen LogP contribution in [0, 0.1) is 11.3 Å². The molecule has 2 aliphatic heterocycles. The maximum absolute atomic E-state index is 12.9. The lowest BCUT2D eigenvalue weighted by Gasteiger charge is -2.35. The van der Waals surface area contributed by atoms with E-state index in [1.807, 2.05) is 29.8 Å². The first-order valence-electron chi connectivity index (χ1n) is 13.9. The number of benzene rings is 2. The molecule has 2 saturated heterocycles. The van der Waals surface area contributed by atoms with Gasteiger partial charge in [0.1, 0.15) is 36.1 Å².